The third-order valence-electron chi connectivity index (χ3n) is 6.29. The Kier molecular flexibility index (Phi) is 6.97. The Bertz CT molecular complexity index is 1080. The molecule has 7 nitrogen and oxygen atoms in total. The van der Waals surface area contributed by atoms with Crippen LogP contribution in [0.4, 0.5) is 5.69 Å². The zero-order valence-electron chi connectivity index (χ0n) is 18.2. The number of benzene rings is 1. The molecule has 2 amide bonds. The molecule has 0 spiro atoms. The first-order valence-corrected chi connectivity index (χ1v) is 13.5. The van der Waals surface area contributed by atoms with E-state index < -0.39 is 10.0 Å². The van der Waals surface area contributed by atoms with Gasteiger partial charge in [-0.05, 0) is 49.8 Å². The molecule has 0 radical (unpaired) electrons. The van der Waals surface area contributed by atoms with Crippen LogP contribution < -0.4 is 5.32 Å². The summed E-state index contributed by atoms with van der Waals surface area (Å²) in [4.78, 5) is 27.1. The maximum Gasteiger partial charge on any atom is 0.254 e. The zero-order valence-corrected chi connectivity index (χ0v) is 19.9. The topological polar surface area (TPSA) is 86.8 Å². The first-order chi connectivity index (χ1) is 15.4. The molecule has 0 unspecified atom stereocenters. The SMILES string of the molecule is CCc1ccccc1NC(=O)C1CCN(S(=O)(=O)c2cc(C(=O)N3CCCC3)cs2)CC1. The van der Waals surface area contributed by atoms with Gasteiger partial charge in [0.1, 0.15) is 4.21 Å². The number of amides is 2. The molecule has 0 aliphatic carbocycles. The number of para-hydroxylation sites is 1. The number of nitrogens with one attached hydrogen (secondary N) is 1. The Labute approximate surface area is 193 Å². The molecule has 0 bridgehead atoms. The summed E-state index contributed by atoms with van der Waals surface area (Å²) in [5.74, 6) is -0.373. The van der Waals surface area contributed by atoms with E-state index in [4.69, 9.17) is 0 Å². The highest BCUT2D eigenvalue weighted by molar-refractivity contribution is 7.91. The van der Waals surface area contributed by atoms with Gasteiger partial charge in [0.15, 0.2) is 0 Å². The molecule has 2 saturated heterocycles. The van der Waals surface area contributed by atoms with Gasteiger partial charge in [0.25, 0.3) is 15.9 Å². The van der Waals surface area contributed by atoms with Crippen LogP contribution in [0.5, 0.6) is 0 Å². The summed E-state index contributed by atoms with van der Waals surface area (Å²) in [5, 5.41) is 4.65. The quantitative estimate of drug-likeness (QED) is 0.692. The number of aryl methyl sites for hydroxylation is 1. The molecular weight excluding hydrogens is 446 g/mol. The molecule has 1 aromatic carbocycles. The third-order valence-corrected chi connectivity index (χ3v) is 9.60. The van der Waals surface area contributed by atoms with Crippen LogP contribution in [0.25, 0.3) is 0 Å². The Morgan fingerprint density at radius 1 is 1.09 bits per heavy atom. The Balaban J connectivity index is 1.37. The standard InChI is InChI=1S/C23H29N3O4S2/c1-2-17-7-3-4-8-20(17)24-22(27)18-9-13-26(14-10-18)32(29,30)21-15-19(16-31-21)23(28)25-11-5-6-12-25/h3-4,7-8,15-16,18H,2,5-6,9-14H2,1H3,(H,24,27). The fourth-order valence-electron chi connectivity index (χ4n) is 4.34. The van der Waals surface area contributed by atoms with E-state index in [-0.39, 0.29) is 21.9 Å². The van der Waals surface area contributed by atoms with Crippen molar-refractivity contribution in [1.82, 2.24) is 9.21 Å². The Morgan fingerprint density at radius 3 is 2.47 bits per heavy atom. The van der Waals surface area contributed by atoms with Crippen LogP contribution in [-0.2, 0) is 21.2 Å². The normalized spacial score (nSPS) is 18.1. The van der Waals surface area contributed by atoms with E-state index in [2.05, 4.69) is 5.32 Å². The number of rotatable bonds is 6. The van der Waals surface area contributed by atoms with Crippen LogP contribution in [0.2, 0.25) is 0 Å². The largest absolute Gasteiger partial charge is 0.339 e. The highest BCUT2D eigenvalue weighted by Crippen LogP contribution is 2.29. The maximum absolute atomic E-state index is 13.1. The summed E-state index contributed by atoms with van der Waals surface area (Å²) in [6.07, 6.45) is 3.77. The highest BCUT2D eigenvalue weighted by Gasteiger charge is 2.34. The number of thiophene rings is 1. The zero-order chi connectivity index (χ0) is 22.7. The van der Waals surface area contributed by atoms with E-state index >= 15 is 0 Å². The molecule has 32 heavy (non-hydrogen) atoms. The summed E-state index contributed by atoms with van der Waals surface area (Å²) in [6, 6.07) is 9.24. The van der Waals surface area contributed by atoms with Crippen LogP contribution in [0.15, 0.2) is 39.9 Å². The van der Waals surface area contributed by atoms with Crippen LogP contribution >= 0.6 is 11.3 Å². The number of sulfonamides is 1. The lowest BCUT2D eigenvalue weighted by molar-refractivity contribution is -0.120. The molecule has 172 valence electrons. The van der Waals surface area contributed by atoms with Crippen LogP contribution in [0, 0.1) is 5.92 Å². The van der Waals surface area contributed by atoms with E-state index in [1.54, 1.807) is 10.3 Å². The van der Waals surface area contributed by atoms with Gasteiger partial charge in [-0.3, -0.25) is 9.59 Å². The highest BCUT2D eigenvalue weighted by atomic mass is 32.2. The summed E-state index contributed by atoms with van der Waals surface area (Å²) in [6.45, 7) is 4.10. The second-order valence-electron chi connectivity index (χ2n) is 8.33. The predicted molar refractivity (Wildman–Crippen MR) is 125 cm³/mol. The minimum atomic E-state index is -3.67. The molecule has 4 rings (SSSR count). The number of carbonyl (C=O) groups excluding carboxylic acids is 2. The van der Waals surface area contributed by atoms with Crippen molar-refractivity contribution in [2.24, 2.45) is 5.92 Å². The monoisotopic (exact) mass is 475 g/mol. The first-order valence-electron chi connectivity index (χ1n) is 11.2. The molecule has 0 saturated carbocycles. The average Bonchev–Trinajstić information content (AvgIpc) is 3.52. The van der Waals surface area contributed by atoms with Crippen molar-refractivity contribution >= 4 is 38.9 Å². The van der Waals surface area contributed by atoms with Gasteiger partial charge in [-0.1, -0.05) is 25.1 Å². The van der Waals surface area contributed by atoms with E-state index in [0.717, 1.165) is 54.9 Å². The molecule has 9 heteroatoms. The van der Waals surface area contributed by atoms with Crippen molar-refractivity contribution in [2.45, 2.75) is 43.2 Å². The number of piperidine rings is 1. The minimum Gasteiger partial charge on any atom is -0.339 e. The molecule has 2 aliphatic rings. The van der Waals surface area contributed by atoms with Crippen molar-refractivity contribution in [3.8, 4) is 0 Å². The molecule has 1 N–H and O–H groups in total. The molecular formula is C23H29N3O4S2. The van der Waals surface area contributed by atoms with Crippen LogP contribution in [0.3, 0.4) is 0 Å². The number of anilines is 1. The van der Waals surface area contributed by atoms with Crippen LogP contribution in [0.1, 0.15) is 48.5 Å². The fourth-order valence-corrected chi connectivity index (χ4v) is 7.11. The number of hydrogen-bond acceptors (Lipinski definition) is 5. The summed E-state index contributed by atoms with van der Waals surface area (Å²) in [5.41, 5.74) is 2.35. The number of carbonyl (C=O) groups is 2. The van der Waals surface area contributed by atoms with Gasteiger partial charge in [0.05, 0.1) is 5.56 Å². The van der Waals surface area contributed by atoms with Crippen molar-refractivity contribution < 1.29 is 18.0 Å². The summed E-state index contributed by atoms with van der Waals surface area (Å²) >= 11 is 1.09. The Hall–Kier alpha value is -2.23. The average molecular weight is 476 g/mol. The third kappa shape index (κ3) is 4.74. The van der Waals surface area contributed by atoms with Crippen molar-refractivity contribution in [3.63, 3.8) is 0 Å². The lowest BCUT2D eigenvalue weighted by Crippen LogP contribution is -2.41. The van der Waals surface area contributed by atoms with Gasteiger partial charge in [0.2, 0.25) is 5.91 Å². The van der Waals surface area contributed by atoms with Gasteiger partial charge in [0, 0.05) is 43.2 Å². The second-order valence-corrected chi connectivity index (χ2v) is 11.4. The lowest BCUT2D eigenvalue weighted by Gasteiger charge is -2.30. The van der Waals surface area contributed by atoms with Gasteiger partial charge in [-0.15, -0.1) is 11.3 Å². The molecule has 2 fully saturated rings. The van der Waals surface area contributed by atoms with E-state index in [1.807, 2.05) is 31.2 Å². The van der Waals surface area contributed by atoms with Gasteiger partial charge in [-0.2, -0.15) is 4.31 Å². The van der Waals surface area contributed by atoms with E-state index in [1.165, 1.54) is 10.4 Å². The van der Waals surface area contributed by atoms with Crippen LogP contribution in [-0.4, -0.2) is 55.6 Å². The molecule has 2 aliphatic heterocycles. The lowest BCUT2D eigenvalue weighted by atomic mass is 9.97. The first kappa shape index (κ1) is 22.9. The summed E-state index contributed by atoms with van der Waals surface area (Å²) < 4.78 is 27.8. The molecule has 0 atom stereocenters. The smallest absolute Gasteiger partial charge is 0.254 e. The molecule has 3 heterocycles. The Morgan fingerprint density at radius 2 is 1.78 bits per heavy atom. The summed E-state index contributed by atoms with van der Waals surface area (Å²) in [7, 11) is -3.67. The second kappa shape index (κ2) is 9.72. The maximum atomic E-state index is 13.1. The number of likely N-dealkylation sites (tertiary alicyclic amines) is 1. The van der Waals surface area contributed by atoms with Gasteiger partial charge < -0.3 is 10.2 Å². The predicted octanol–water partition coefficient (Wildman–Crippen LogP) is 3.59. The fraction of sp³-hybridized carbons (Fsp3) is 0.478. The van der Waals surface area contributed by atoms with Gasteiger partial charge in [-0.25, -0.2) is 8.42 Å². The van der Waals surface area contributed by atoms with Crippen molar-refractivity contribution in [2.75, 3.05) is 31.5 Å². The molecule has 1 aromatic heterocycles. The molecule has 2 aromatic rings. The number of nitrogens with zero attached hydrogens (tertiary/aromatic N) is 2. The van der Waals surface area contributed by atoms with Crippen molar-refractivity contribution in [3.05, 3.63) is 46.8 Å². The van der Waals surface area contributed by atoms with E-state index in [9.17, 15) is 18.0 Å². The van der Waals surface area contributed by atoms with Gasteiger partial charge >= 0.3 is 0 Å². The minimum absolute atomic E-state index is 0.0578. The van der Waals surface area contributed by atoms with E-state index in [0.29, 0.717) is 31.5 Å². The number of hydrogen-bond donors (Lipinski definition) is 1. The van der Waals surface area contributed by atoms with Crippen molar-refractivity contribution in [1.29, 1.82) is 0 Å².